The molecular weight excluding hydrogens is 261 g/mol. The molecule has 0 saturated heterocycles. The quantitative estimate of drug-likeness (QED) is 0.927. The number of ether oxygens (including phenoxy) is 1. The smallest absolute Gasteiger partial charge is 0.336 e. The van der Waals surface area contributed by atoms with Gasteiger partial charge in [-0.15, -0.1) is 0 Å². The van der Waals surface area contributed by atoms with Crippen molar-refractivity contribution in [2.24, 2.45) is 0 Å². The summed E-state index contributed by atoms with van der Waals surface area (Å²) in [7, 11) is 0. The Morgan fingerprint density at radius 1 is 1.25 bits per heavy atom. The number of carboxylic acid groups (broad SMARTS) is 1. The minimum atomic E-state index is -1.08. The number of hydrogen-bond donors (Lipinski definition) is 1. The second kappa shape index (κ2) is 5.41. The summed E-state index contributed by atoms with van der Waals surface area (Å²) in [5, 5.41) is 18.0. The van der Waals surface area contributed by atoms with Gasteiger partial charge in [-0.1, -0.05) is 12.1 Å². The summed E-state index contributed by atoms with van der Waals surface area (Å²) in [6.45, 7) is 1.59. The molecule has 0 heterocycles. The first kappa shape index (κ1) is 13.6. The van der Waals surface area contributed by atoms with E-state index < -0.39 is 11.8 Å². The van der Waals surface area contributed by atoms with Gasteiger partial charge in [0.05, 0.1) is 5.56 Å². The second-order valence-corrected chi connectivity index (χ2v) is 4.06. The number of halogens is 1. The molecule has 0 amide bonds. The first-order chi connectivity index (χ1) is 9.54. The fourth-order valence-electron chi connectivity index (χ4n) is 1.77. The zero-order valence-electron chi connectivity index (χ0n) is 10.6. The van der Waals surface area contributed by atoms with Crippen molar-refractivity contribution in [1.29, 1.82) is 5.26 Å². The lowest BCUT2D eigenvalue weighted by atomic mass is 10.1. The molecule has 100 valence electrons. The molecule has 1 N–H and O–H groups in total. The average molecular weight is 271 g/mol. The zero-order valence-corrected chi connectivity index (χ0v) is 10.6. The lowest BCUT2D eigenvalue weighted by Gasteiger charge is -2.11. The number of rotatable bonds is 3. The molecule has 0 unspecified atom stereocenters. The van der Waals surface area contributed by atoms with Crippen LogP contribution in [0.15, 0.2) is 36.4 Å². The molecule has 20 heavy (non-hydrogen) atoms. The van der Waals surface area contributed by atoms with E-state index in [1.807, 2.05) is 0 Å². The first-order valence-electron chi connectivity index (χ1n) is 5.74. The third-order valence-corrected chi connectivity index (χ3v) is 2.82. The van der Waals surface area contributed by atoms with Gasteiger partial charge in [0.15, 0.2) is 0 Å². The third kappa shape index (κ3) is 2.45. The summed E-state index contributed by atoms with van der Waals surface area (Å²) < 4.78 is 18.9. The Hall–Kier alpha value is -2.87. The van der Waals surface area contributed by atoms with Crippen LogP contribution in [0.5, 0.6) is 11.5 Å². The van der Waals surface area contributed by atoms with E-state index in [1.54, 1.807) is 19.1 Å². The lowest BCUT2D eigenvalue weighted by molar-refractivity contribution is 0.0695. The molecule has 4 nitrogen and oxygen atoms in total. The van der Waals surface area contributed by atoms with E-state index in [9.17, 15) is 9.18 Å². The summed E-state index contributed by atoms with van der Waals surface area (Å²) in [4.78, 5) is 11.0. The Kier molecular flexibility index (Phi) is 3.67. The van der Waals surface area contributed by atoms with Gasteiger partial charge in [0.25, 0.3) is 0 Å². The average Bonchev–Trinajstić information content (AvgIpc) is 2.41. The van der Waals surface area contributed by atoms with Crippen molar-refractivity contribution in [1.82, 2.24) is 0 Å². The van der Waals surface area contributed by atoms with Gasteiger partial charge in [-0.2, -0.15) is 5.26 Å². The Labute approximate surface area is 114 Å². The molecular formula is C15H10FNO3. The van der Waals surface area contributed by atoms with Crippen LogP contribution in [0.3, 0.4) is 0 Å². The Bertz CT molecular complexity index is 720. The highest BCUT2D eigenvalue weighted by molar-refractivity contribution is 5.90. The molecule has 0 saturated carbocycles. The summed E-state index contributed by atoms with van der Waals surface area (Å²) in [5.74, 6) is -1.44. The molecule has 5 heteroatoms. The van der Waals surface area contributed by atoms with Crippen LogP contribution in [0.1, 0.15) is 21.5 Å². The van der Waals surface area contributed by atoms with Crippen molar-refractivity contribution >= 4 is 5.97 Å². The maximum absolute atomic E-state index is 13.5. The van der Waals surface area contributed by atoms with Gasteiger partial charge < -0.3 is 9.84 Å². The summed E-state index contributed by atoms with van der Waals surface area (Å²) in [6.07, 6.45) is 0. The SMILES string of the molecule is Cc1c(Oc2cccc(F)c2C#N)cccc1C(=O)O. The van der Waals surface area contributed by atoms with E-state index in [4.69, 9.17) is 15.1 Å². The summed E-state index contributed by atoms with van der Waals surface area (Å²) in [5.41, 5.74) is 0.290. The van der Waals surface area contributed by atoms with Crippen molar-refractivity contribution in [3.63, 3.8) is 0 Å². The normalized spacial score (nSPS) is 9.85. The first-order valence-corrected chi connectivity index (χ1v) is 5.74. The van der Waals surface area contributed by atoms with Crippen LogP contribution in [0, 0.1) is 24.1 Å². The summed E-state index contributed by atoms with van der Waals surface area (Å²) in [6, 6.07) is 10.3. The van der Waals surface area contributed by atoms with Crippen LogP contribution < -0.4 is 4.74 Å². The highest BCUT2D eigenvalue weighted by Gasteiger charge is 2.14. The molecule has 0 aliphatic rings. The molecule has 0 bridgehead atoms. The fraction of sp³-hybridized carbons (Fsp3) is 0.0667. The maximum atomic E-state index is 13.5. The highest BCUT2D eigenvalue weighted by Crippen LogP contribution is 2.30. The fourth-order valence-corrected chi connectivity index (χ4v) is 1.77. The molecule has 2 aromatic carbocycles. The minimum absolute atomic E-state index is 0.0538. The molecule has 0 atom stereocenters. The molecule has 2 aromatic rings. The van der Waals surface area contributed by atoms with Crippen LogP contribution >= 0.6 is 0 Å². The number of nitriles is 1. The predicted molar refractivity (Wildman–Crippen MR) is 69.3 cm³/mol. The van der Waals surface area contributed by atoms with Gasteiger partial charge >= 0.3 is 5.97 Å². The van der Waals surface area contributed by atoms with E-state index >= 15 is 0 Å². The maximum Gasteiger partial charge on any atom is 0.336 e. The van der Waals surface area contributed by atoms with Gasteiger partial charge in [0.2, 0.25) is 0 Å². The predicted octanol–water partition coefficient (Wildman–Crippen LogP) is 3.50. The van der Waals surface area contributed by atoms with Crippen molar-refractivity contribution in [2.45, 2.75) is 6.92 Å². The van der Waals surface area contributed by atoms with Crippen molar-refractivity contribution in [3.8, 4) is 17.6 Å². The number of benzene rings is 2. The number of aromatic carboxylic acids is 1. The topological polar surface area (TPSA) is 70.3 Å². The number of hydrogen-bond acceptors (Lipinski definition) is 3. The molecule has 0 radical (unpaired) electrons. The minimum Gasteiger partial charge on any atom is -0.478 e. The van der Waals surface area contributed by atoms with Crippen LogP contribution in [0.4, 0.5) is 4.39 Å². The molecule has 2 rings (SSSR count). The van der Waals surface area contributed by atoms with Crippen LogP contribution in [-0.2, 0) is 0 Å². The number of carboxylic acids is 1. The van der Waals surface area contributed by atoms with Crippen molar-refractivity contribution in [2.75, 3.05) is 0 Å². The van der Waals surface area contributed by atoms with Crippen LogP contribution in [-0.4, -0.2) is 11.1 Å². The number of carbonyl (C=O) groups is 1. The Morgan fingerprint density at radius 3 is 2.55 bits per heavy atom. The lowest BCUT2D eigenvalue weighted by Crippen LogP contribution is -2.01. The van der Waals surface area contributed by atoms with E-state index in [1.165, 1.54) is 24.3 Å². The molecule has 0 fully saturated rings. The van der Waals surface area contributed by atoms with Crippen LogP contribution in [0.2, 0.25) is 0 Å². The van der Waals surface area contributed by atoms with E-state index in [2.05, 4.69) is 0 Å². The van der Waals surface area contributed by atoms with Gasteiger partial charge in [0, 0.05) is 5.56 Å². The zero-order chi connectivity index (χ0) is 14.7. The highest BCUT2D eigenvalue weighted by atomic mass is 19.1. The number of nitrogens with zero attached hydrogens (tertiary/aromatic N) is 1. The van der Waals surface area contributed by atoms with Crippen molar-refractivity contribution in [3.05, 3.63) is 58.9 Å². The van der Waals surface area contributed by atoms with E-state index in [0.29, 0.717) is 5.56 Å². The van der Waals surface area contributed by atoms with Gasteiger partial charge in [0.1, 0.15) is 28.9 Å². The van der Waals surface area contributed by atoms with Gasteiger partial charge in [-0.3, -0.25) is 0 Å². The Morgan fingerprint density at radius 2 is 1.90 bits per heavy atom. The molecule has 0 aliphatic heterocycles. The van der Waals surface area contributed by atoms with E-state index in [-0.39, 0.29) is 22.6 Å². The largest absolute Gasteiger partial charge is 0.478 e. The van der Waals surface area contributed by atoms with Crippen molar-refractivity contribution < 1.29 is 19.0 Å². The molecule has 0 spiro atoms. The molecule has 0 aromatic heterocycles. The standard InChI is InChI=1S/C15H10FNO3/c1-9-10(15(18)19)4-2-6-13(9)20-14-7-3-5-12(16)11(14)8-17/h2-7H,1H3,(H,18,19). The van der Waals surface area contributed by atoms with E-state index in [0.717, 1.165) is 6.07 Å². The summed E-state index contributed by atoms with van der Waals surface area (Å²) >= 11 is 0. The van der Waals surface area contributed by atoms with Crippen LogP contribution in [0.25, 0.3) is 0 Å². The molecule has 0 aliphatic carbocycles. The van der Waals surface area contributed by atoms with Gasteiger partial charge in [-0.25, -0.2) is 9.18 Å². The third-order valence-electron chi connectivity index (χ3n) is 2.82. The Balaban J connectivity index is 2.47. The van der Waals surface area contributed by atoms with Gasteiger partial charge in [-0.05, 0) is 31.2 Å². The second-order valence-electron chi connectivity index (χ2n) is 4.06. The monoisotopic (exact) mass is 271 g/mol.